The highest BCUT2D eigenvalue weighted by Crippen LogP contribution is 2.32. The number of amides is 1. The average Bonchev–Trinajstić information content (AvgIpc) is 3.45. The number of carbonyl (C=O) groups is 1. The monoisotopic (exact) mass is 416 g/mol. The van der Waals surface area contributed by atoms with Crippen LogP contribution in [0.5, 0.6) is 5.75 Å². The number of likely N-dealkylation sites (tertiary alicyclic amines) is 1. The Bertz CT molecular complexity index is 824. The van der Waals surface area contributed by atoms with Crippen molar-refractivity contribution >= 4 is 5.91 Å². The highest BCUT2D eigenvalue weighted by atomic mass is 19.1. The smallest absolute Gasteiger partial charge is 0.287 e. The summed E-state index contributed by atoms with van der Waals surface area (Å²) < 4.78 is 29.8. The zero-order valence-electron chi connectivity index (χ0n) is 17.2. The molecule has 0 bridgehead atoms. The lowest BCUT2D eigenvalue weighted by atomic mass is 9.79. The number of carbonyl (C=O) groups excluding carboxylic acids is 1. The minimum Gasteiger partial charge on any atom is -0.486 e. The lowest BCUT2D eigenvalue weighted by Crippen LogP contribution is -2.48. The Balaban J connectivity index is 1.31. The van der Waals surface area contributed by atoms with Crippen LogP contribution < -0.4 is 10.1 Å². The summed E-state index contributed by atoms with van der Waals surface area (Å²) in [7, 11) is 0. The van der Waals surface area contributed by atoms with Crippen molar-refractivity contribution in [3.05, 3.63) is 53.7 Å². The number of nitrogens with one attached hydrogen (secondary N) is 1. The summed E-state index contributed by atoms with van der Waals surface area (Å²) in [4.78, 5) is 15.2. The predicted octanol–water partition coefficient (Wildman–Crippen LogP) is 3.62. The fraction of sp³-hybridized carbons (Fsp3) is 0.522. The maximum Gasteiger partial charge on any atom is 0.287 e. The van der Waals surface area contributed by atoms with Crippen LogP contribution in [0.25, 0.3) is 0 Å². The molecule has 3 heterocycles. The summed E-state index contributed by atoms with van der Waals surface area (Å²) in [6.07, 6.45) is 4.43. The topological polar surface area (TPSA) is 63.9 Å². The highest BCUT2D eigenvalue weighted by Gasteiger charge is 2.35. The normalized spacial score (nSPS) is 19.0. The second-order valence-corrected chi connectivity index (χ2v) is 8.29. The number of hydrogen-bond donors (Lipinski definition) is 1. The molecule has 162 valence electrons. The van der Waals surface area contributed by atoms with Crippen LogP contribution in [0.15, 0.2) is 40.8 Å². The third kappa shape index (κ3) is 5.40. The zero-order chi connectivity index (χ0) is 20.8. The van der Waals surface area contributed by atoms with Gasteiger partial charge in [-0.15, -0.1) is 0 Å². The molecule has 2 fully saturated rings. The van der Waals surface area contributed by atoms with Crippen LogP contribution in [0.3, 0.4) is 0 Å². The zero-order valence-corrected chi connectivity index (χ0v) is 17.2. The lowest BCUT2D eigenvalue weighted by Gasteiger charge is -2.40. The second-order valence-electron chi connectivity index (χ2n) is 8.29. The first-order valence-electron chi connectivity index (χ1n) is 10.7. The van der Waals surface area contributed by atoms with E-state index < -0.39 is 0 Å². The van der Waals surface area contributed by atoms with Crippen molar-refractivity contribution in [3.8, 4) is 5.75 Å². The summed E-state index contributed by atoms with van der Waals surface area (Å²) in [6, 6.07) is 9.18. The van der Waals surface area contributed by atoms with E-state index in [0.717, 1.165) is 45.7 Å². The number of ether oxygens (including phenoxy) is 2. The van der Waals surface area contributed by atoms with Gasteiger partial charge in [0.15, 0.2) is 5.76 Å². The number of rotatable bonds is 8. The number of halogens is 1. The maximum atomic E-state index is 13.0. The first kappa shape index (κ1) is 20.9. The Kier molecular flexibility index (Phi) is 6.69. The minimum absolute atomic E-state index is 0.0549. The quantitative estimate of drug-likeness (QED) is 0.712. The average molecular weight is 416 g/mol. The number of benzene rings is 1. The van der Waals surface area contributed by atoms with Crippen LogP contribution in [0.2, 0.25) is 0 Å². The second kappa shape index (κ2) is 9.62. The standard InChI is InChI=1S/C23H29FN2O4/c24-18-3-5-19(6-4-18)29-15-20-7-8-21(30-20)22(27)25-16-23(9-13-28-14-10-23)17-26-11-1-2-12-26/h3-8H,1-2,9-17H2,(H,25,27). The van der Waals surface area contributed by atoms with Gasteiger partial charge in [-0.2, -0.15) is 0 Å². The minimum atomic E-state index is -0.314. The molecule has 0 aliphatic carbocycles. The van der Waals surface area contributed by atoms with Crippen LogP contribution in [0, 0.1) is 11.2 Å². The van der Waals surface area contributed by atoms with Crippen LogP contribution in [-0.2, 0) is 11.3 Å². The van der Waals surface area contributed by atoms with E-state index in [9.17, 15) is 9.18 Å². The molecule has 0 saturated carbocycles. The molecule has 2 aliphatic rings. The molecule has 4 rings (SSSR count). The first-order valence-corrected chi connectivity index (χ1v) is 10.7. The molecule has 6 nitrogen and oxygen atoms in total. The predicted molar refractivity (Wildman–Crippen MR) is 110 cm³/mol. The van der Waals surface area contributed by atoms with Gasteiger partial charge in [-0.1, -0.05) is 0 Å². The van der Waals surface area contributed by atoms with Gasteiger partial charge in [0.05, 0.1) is 0 Å². The summed E-state index contributed by atoms with van der Waals surface area (Å²) in [5.41, 5.74) is 0.0549. The van der Waals surface area contributed by atoms with Gasteiger partial charge in [0.25, 0.3) is 5.91 Å². The molecular formula is C23H29FN2O4. The molecule has 2 aliphatic heterocycles. The molecular weight excluding hydrogens is 387 g/mol. The van der Waals surface area contributed by atoms with E-state index in [-0.39, 0.29) is 29.5 Å². The lowest BCUT2D eigenvalue weighted by molar-refractivity contribution is -0.000762. The molecule has 1 aromatic carbocycles. The fourth-order valence-electron chi connectivity index (χ4n) is 4.23. The summed E-state index contributed by atoms with van der Waals surface area (Å²) in [5, 5.41) is 3.08. The van der Waals surface area contributed by atoms with Gasteiger partial charge in [0.1, 0.15) is 23.9 Å². The molecule has 7 heteroatoms. The molecule has 0 unspecified atom stereocenters. The van der Waals surface area contributed by atoms with Crippen molar-refractivity contribution in [1.29, 1.82) is 0 Å². The van der Waals surface area contributed by atoms with Gasteiger partial charge in [-0.25, -0.2) is 4.39 Å². The van der Waals surface area contributed by atoms with Gasteiger partial charge in [0, 0.05) is 31.7 Å². The van der Waals surface area contributed by atoms with Crippen LogP contribution in [0.4, 0.5) is 4.39 Å². The summed E-state index contributed by atoms with van der Waals surface area (Å²) >= 11 is 0. The van der Waals surface area contributed by atoms with Crippen LogP contribution in [-0.4, -0.2) is 50.2 Å². The van der Waals surface area contributed by atoms with E-state index in [0.29, 0.717) is 18.1 Å². The van der Waals surface area contributed by atoms with Gasteiger partial charge < -0.3 is 24.1 Å². The van der Waals surface area contributed by atoms with Gasteiger partial charge in [-0.05, 0) is 75.2 Å². The molecule has 2 saturated heterocycles. The molecule has 0 radical (unpaired) electrons. The van der Waals surface area contributed by atoms with Crippen molar-refractivity contribution in [2.45, 2.75) is 32.3 Å². The number of hydrogen-bond acceptors (Lipinski definition) is 5. The number of furan rings is 1. The Morgan fingerprint density at radius 2 is 1.83 bits per heavy atom. The fourth-order valence-corrected chi connectivity index (χ4v) is 4.23. The maximum absolute atomic E-state index is 13.0. The van der Waals surface area contributed by atoms with Crippen LogP contribution in [0.1, 0.15) is 42.0 Å². The molecule has 1 amide bonds. The van der Waals surface area contributed by atoms with Crippen molar-refractivity contribution in [2.75, 3.05) is 39.4 Å². The Morgan fingerprint density at radius 3 is 2.57 bits per heavy atom. The van der Waals surface area contributed by atoms with E-state index in [2.05, 4.69) is 10.2 Å². The Hall–Kier alpha value is -2.38. The first-order chi connectivity index (χ1) is 14.6. The van der Waals surface area contributed by atoms with Gasteiger partial charge in [0.2, 0.25) is 0 Å². The van der Waals surface area contributed by atoms with Gasteiger partial charge >= 0.3 is 0 Å². The Morgan fingerprint density at radius 1 is 1.10 bits per heavy atom. The van der Waals surface area contributed by atoms with Crippen molar-refractivity contribution in [3.63, 3.8) is 0 Å². The third-order valence-corrected chi connectivity index (χ3v) is 6.02. The molecule has 0 atom stereocenters. The van der Waals surface area contributed by atoms with Crippen molar-refractivity contribution in [1.82, 2.24) is 10.2 Å². The summed E-state index contributed by atoms with van der Waals surface area (Å²) in [5.74, 6) is 0.835. The van der Waals surface area contributed by atoms with E-state index >= 15 is 0 Å². The van der Waals surface area contributed by atoms with E-state index in [1.807, 2.05) is 0 Å². The molecule has 1 N–H and O–H groups in total. The summed E-state index contributed by atoms with van der Waals surface area (Å²) in [6.45, 7) is 5.58. The SMILES string of the molecule is O=C(NCC1(CN2CCCC2)CCOCC1)c1ccc(COc2ccc(F)cc2)o1. The highest BCUT2D eigenvalue weighted by molar-refractivity contribution is 5.91. The molecule has 1 aromatic heterocycles. The molecule has 0 spiro atoms. The van der Waals surface area contributed by atoms with E-state index in [1.54, 1.807) is 24.3 Å². The third-order valence-electron chi connectivity index (χ3n) is 6.02. The number of nitrogens with zero attached hydrogens (tertiary/aromatic N) is 1. The van der Waals surface area contributed by atoms with E-state index in [4.69, 9.17) is 13.9 Å². The van der Waals surface area contributed by atoms with E-state index in [1.165, 1.54) is 25.0 Å². The molecule has 30 heavy (non-hydrogen) atoms. The molecule has 2 aromatic rings. The largest absolute Gasteiger partial charge is 0.486 e. The Labute approximate surface area is 176 Å². The van der Waals surface area contributed by atoms with Crippen molar-refractivity contribution < 1.29 is 23.1 Å². The van der Waals surface area contributed by atoms with Crippen LogP contribution >= 0.6 is 0 Å². The van der Waals surface area contributed by atoms with Crippen molar-refractivity contribution in [2.24, 2.45) is 5.41 Å². The van der Waals surface area contributed by atoms with Gasteiger partial charge in [-0.3, -0.25) is 4.79 Å².